The van der Waals surface area contributed by atoms with Gasteiger partial charge in [0, 0.05) is 24.8 Å². The second kappa shape index (κ2) is 7.11. The fraction of sp³-hybridized carbons (Fsp3) is 0.500. The minimum absolute atomic E-state index is 0.108. The molecule has 1 aromatic rings. The summed E-state index contributed by atoms with van der Waals surface area (Å²) in [7, 11) is 0. The molecule has 6 heteroatoms. The van der Waals surface area contributed by atoms with E-state index < -0.39 is 17.3 Å². The first-order valence-electron chi connectivity index (χ1n) is 7.30. The van der Waals surface area contributed by atoms with Gasteiger partial charge in [-0.25, -0.2) is 0 Å². The van der Waals surface area contributed by atoms with Gasteiger partial charge in [0.2, 0.25) is 5.91 Å². The summed E-state index contributed by atoms with van der Waals surface area (Å²) < 4.78 is 5.38. The molecule has 22 heavy (non-hydrogen) atoms. The van der Waals surface area contributed by atoms with Crippen molar-refractivity contribution in [3.63, 3.8) is 0 Å². The molecule has 0 spiro atoms. The first-order chi connectivity index (χ1) is 10.5. The second-order valence-electron chi connectivity index (χ2n) is 5.65. The van der Waals surface area contributed by atoms with Crippen LogP contribution in [0.5, 0.6) is 0 Å². The Morgan fingerprint density at radius 2 is 2.09 bits per heavy atom. The molecule has 1 aliphatic rings. The number of carboxylic acids is 1. The molecule has 0 aromatic heterocycles. The number of hydrogen-bond acceptors (Lipinski definition) is 3. The molecule has 0 aliphatic carbocycles. The Morgan fingerprint density at radius 1 is 1.41 bits per heavy atom. The average molecular weight is 326 g/mol. The number of amides is 1. The molecule has 2 N–H and O–H groups in total. The number of carboxylic acid groups (broad SMARTS) is 1. The van der Waals surface area contributed by atoms with Crippen molar-refractivity contribution < 1.29 is 19.4 Å². The van der Waals surface area contributed by atoms with Crippen molar-refractivity contribution in [2.45, 2.75) is 25.2 Å². The molecule has 1 aromatic carbocycles. The van der Waals surface area contributed by atoms with E-state index in [0.717, 1.165) is 5.56 Å². The Hall–Kier alpha value is -1.59. The number of aliphatic carboxylic acids is 1. The Bertz CT molecular complexity index is 555. The fourth-order valence-electron chi connectivity index (χ4n) is 2.66. The maximum atomic E-state index is 12.8. The maximum absolute atomic E-state index is 12.8. The van der Waals surface area contributed by atoms with Gasteiger partial charge < -0.3 is 15.2 Å². The number of ether oxygens (including phenoxy) is 1. The lowest BCUT2D eigenvalue weighted by Gasteiger charge is -2.36. The van der Waals surface area contributed by atoms with E-state index in [1.54, 1.807) is 19.1 Å². The lowest BCUT2D eigenvalue weighted by Crippen LogP contribution is -2.49. The molecule has 2 rings (SSSR count). The summed E-state index contributed by atoms with van der Waals surface area (Å²) in [6, 6.07) is 7.27. The van der Waals surface area contributed by atoms with E-state index in [1.807, 2.05) is 12.1 Å². The molecule has 0 bridgehead atoms. The zero-order valence-electron chi connectivity index (χ0n) is 12.5. The zero-order chi connectivity index (χ0) is 16.2. The van der Waals surface area contributed by atoms with Crippen LogP contribution < -0.4 is 5.32 Å². The number of carbonyl (C=O) groups is 2. The van der Waals surface area contributed by atoms with Crippen LogP contribution in [0.1, 0.15) is 25.3 Å². The topological polar surface area (TPSA) is 75.6 Å². The van der Waals surface area contributed by atoms with Crippen LogP contribution in [-0.4, -0.2) is 36.7 Å². The van der Waals surface area contributed by atoms with E-state index in [1.165, 1.54) is 0 Å². The first-order valence-corrected chi connectivity index (χ1v) is 7.68. The van der Waals surface area contributed by atoms with Crippen LogP contribution in [0, 0.1) is 5.92 Å². The normalized spacial score (nSPS) is 18.5. The largest absolute Gasteiger partial charge is 0.481 e. The van der Waals surface area contributed by atoms with Crippen LogP contribution in [0.3, 0.4) is 0 Å². The Morgan fingerprint density at radius 3 is 2.68 bits per heavy atom. The van der Waals surface area contributed by atoms with Gasteiger partial charge >= 0.3 is 5.97 Å². The van der Waals surface area contributed by atoms with Crippen LogP contribution in [-0.2, 0) is 19.7 Å². The van der Waals surface area contributed by atoms with E-state index in [-0.39, 0.29) is 12.5 Å². The quantitative estimate of drug-likeness (QED) is 0.870. The molecule has 1 fully saturated rings. The SMILES string of the molecule is CC(CNC(=O)C1(c2cccc(Cl)c2)CCOCC1)C(=O)O. The fourth-order valence-corrected chi connectivity index (χ4v) is 2.85. The second-order valence-corrected chi connectivity index (χ2v) is 6.09. The van der Waals surface area contributed by atoms with Gasteiger partial charge in [-0.05, 0) is 30.5 Å². The van der Waals surface area contributed by atoms with Crippen LogP contribution in [0.2, 0.25) is 5.02 Å². The first kappa shape index (κ1) is 16.8. The van der Waals surface area contributed by atoms with Gasteiger partial charge in [0.15, 0.2) is 0 Å². The molecule has 0 radical (unpaired) electrons. The molecular weight excluding hydrogens is 306 g/mol. The highest BCUT2D eigenvalue weighted by atomic mass is 35.5. The summed E-state index contributed by atoms with van der Waals surface area (Å²) >= 11 is 6.06. The van der Waals surface area contributed by atoms with E-state index in [2.05, 4.69) is 5.32 Å². The molecule has 1 amide bonds. The summed E-state index contributed by atoms with van der Waals surface area (Å²) in [6.45, 7) is 2.67. The number of halogens is 1. The highest BCUT2D eigenvalue weighted by Gasteiger charge is 2.41. The predicted octanol–water partition coefficient (Wildman–Crippen LogP) is 2.23. The minimum Gasteiger partial charge on any atom is -0.481 e. The summed E-state index contributed by atoms with van der Waals surface area (Å²) in [6.07, 6.45) is 1.11. The van der Waals surface area contributed by atoms with Gasteiger partial charge in [-0.3, -0.25) is 9.59 Å². The number of benzene rings is 1. The van der Waals surface area contributed by atoms with E-state index in [9.17, 15) is 9.59 Å². The standard InChI is InChI=1S/C16H20ClNO4/c1-11(14(19)20)10-18-15(21)16(5-7-22-8-6-16)12-3-2-4-13(17)9-12/h2-4,9,11H,5-8,10H2,1H3,(H,18,21)(H,19,20). The van der Waals surface area contributed by atoms with Crippen molar-refractivity contribution in [2.24, 2.45) is 5.92 Å². The summed E-state index contributed by atoms with van der Waals surface area (Å²) in [4.78, 5) is 23.6. The molecule has 1 saturated heterocycles. The van der Waals surface area contributed by atoms with Gasteiger partial charge in [-0.1, -0.05) is 30.7 Å². The average Bonchev–Trinajstić information content (AvgIpc) is 2.52. The Labute approximate surface area is 134 Å². The highest BCUT2D eigenvalue weighted by Crippen LogP contribution is 2.36. The third-order valence-electron chi connectivity index (χ3n) is 4.15. The molecule has 1 heterocycles. The Balaban J connectivity index is 2.22. The molecule has 0 saturated carbocycles. The molecule has 1 aliphatic heterocycles. The maximum Gasteiger partial charge on any atom is 0.308 e. The van der Waals surface area contributed by atoms with E-state index in [0.29, 0.717) is 31.1 Å². The van der Waals surface area contributed by atoms with Crippen LogP contribution >= 0.6 is 11.6 Å². The summed E-state index contributed by atoms with van der Waals surface area (Å²) in [5, 5.41) is 12.3. The third kappa shape index (κ3) is 3.59. The van der Waals surface area contributed by atoms with E-state index >= 15 is 0 Å². The van der Waals surface area contributed by atoms with Gasteiger partial charge in [-0.2, -0.15) is 0 Å². The van der Waals surface area contributed by atoms with Crippen molar-refractivity contribution >= 4 is 23.5 Å². The number of rotatable bonds is 5. The summed E-state index contributed by atoms with van der Waals surface area (Å²) in [5.74, 6) is -1.71. The number of hydrogen-bond donors (Lipinski definition) is 2. The monoisotopic (exact) mass is 325 g/mol. The molecule has 120 valence electrons. The minimum atomic E-state index is -0.927. The predicted molar refractivity (Wildman–Crippen MR) is 83.0 cm³/mol. The number of carbonyl (C=O) groups excluding carboxylic acids is 1. The molecule has 1 atom stereocenters. The molecular formula is C16H20ClNO4. The number of nitrogens with one attached hydrogen (secondary N) is 1. The molecule has 5 nitrogen and oxygen atoms in total. The Kier molecular flexibility index (Phi) is 5.42. The van der Waals surface area contributed by atoms with Crippen LogP contribution in [0.25, 0.3) is 0 Å². The van der Waals surface area contributed by atoms with Crippen molar-refractivity contribution in [1.82, 2.24) is 5.32 Å². The smallest absolute Gasteiger partial charge is 0.308 e. The van der Waals surface area contributed by atoms with Crippen molar-refractivity contribution in [3.05, 3.63) is 34.9 Å². The van der Waals surface area contributed by atoms with Crippen LogP contribution in [0.4, 0.5) is 0 Å². The van der Waals surface area contributed by atoms with Gasteiger partial charge in [0.1, 0.15) is 0 Å². The lowest BCUT2D eigenvalue weighted by atomic mass is 9.73. The molecule has 1 unspecified atom stereocenters. The zero-order valence-corrected chi connectivity index (χ0v) is 13.2. The van der Waals surface area contributed by atoms with Gasteiger partial charge in [0.25, 0.3) is 0 Å². The van der Waals surface area contributed by atoms with E-state index in [4.69, 9.17) is 21.4 Å². The lowest BCUT2D eigenvalue weighted by molar-refractivity contribution is -0.141. The summed E-state index contributed by atoms with van der Waals surface area (Å²) in [5.41, 5.74) is 0.144. The highest BCUT2D eigenvalue weighted by molar-refractivity contribution is 6.30. The van der Waals surface area contributed by atoms with Crippen molar-refractivity contribution in [3.8, 4) is 0 Å². The van der Waals surface area contributed by atoms with Crippen molar-refractivity contribution in [2.75, 3.05) is 19.8 Å². The van der Waals surface area contributed by atoms with Gasteiger partial charge in [-0.15, -0.1) is 0 Å². The van der Waals surface area contributed by atoms with Crippen molar-refractivity contribution in [1.29, 1.82) is 0 Å². The third-order valence-corrected chi connectivity index (χ3v) is 4.38. The van der Waals surface area contributed by atoms with Crippen LogP contribution in [0.15, 0.2) is 24.3 Å². The van der Waals surface area contributed by atoms with Gasteiger partial charge in [0.05, 0.1) is 11.3 Å².